The van der Waals surface area contributed by atoms with Crippen LogP contribution in [0.15, 0.2) is 53.2 Å². The van der Waals surface area contributed by atoms with Gasteiger partial charge in [-0.2, -0.15) is 0 Å². The molecule has 0 bridgehead atoms. The van der Waals surface area contributed by atoms with Crippen molar-refractivity contribution in [3.8, 4) is 0 Å². The summed E-state index contributed by atoms with van der Waals surface area (Å²) >= 11 is 0. The number of aromatic nitrogens is 1. The molecule has 3 aromatic rings. The van der Waals surface area contributed by atoms with Crippen LogP contribution >= 0.6 is 0 Å². The molecule has 20 heavy (non-hydrogen) atoms. The fraction of sp³-hybridized carbons (Fsp3) is 0.188. The zero-order valence-electron chi connectivity index (χ0n) is 11.3. The van der Waals surface area contributed by atoms with E-state index in [1.165, 1.54) is 11.1 Å². The van der Waals surface area contributed by atoms with Crippen molar-refractivity contribution in [3.63, 3.8) is 0 Å². The minimum Gasteiger partial charge on any atom is -0.459 e. The van der Waals surface area contributed by atoms with Crippen LogP contribution in [0.25, 0.3) is 11.0 Å². The van der Waals surface area contributed by atoms with Crippen LogP contribution in [0.1, 0.15) is 22.9 Å². The zero-order chi connectivity index (χ0) is 13.9. The van der Waals surface area contributed by atoms with Gasteiger partial charge in [0, 0.05) is 17.8 Å². The molecular formula is C16H17N3O. The average Bonchev–Trinajstić information content (AvgIpc) is 2.88. The fourth-order valence-corrected chi connectivity index (χ4v) is 2.35. The van der Waals surface area contributed by atoms with Gasteiger partial charge in [0.15, 0.2) is 0 Å². The molecule has 0 spiro atoms. The maximum Gasteiger partial charge on any atom is 0.134 e. The van der Waals surface area contributed by atoms with E-state index in [0.717, 1.165) is 23.2 Å². The average molecular weight is 267 g/mol. The smallest absolute Gasteiger partial charge is 0.134 e. The summed E-state index contributed by atoms with van der Waals surface area (Å²) in [6.45, 7) is 2.07. The largest absolute Gasteiger partial charge is 0.459 e. The highest BCUT2D eigenvalue weighted by Gasteiger charge is 2.15. The molecule has 1 aromatic carbocycles. The summed E-state index contributed by atoms with van der Waals surface area (Å²) in [6.07, 6.45) is 4.33. The van der Waals surface area contributed by atoms with Crippen molar-refractivity contribution in [2.24, 2.45) is 5.84 Å². The first kappa shape index (κ1) is 12.8. The molecule has 4 heteroatoms. The number of nitrogens with two attached hydrogens (primary N) is 1. The van der Waals surface area contributed by atoms with Gasteiger partial charge in [0.2, 0.25) is 0 Å². The number of aryl methyl sites for hydroxylation is 1. The molecule has 4 nitrogen and oxygen atoms in total. The van der Waals surface area contributed by atoms with E-state index in [1.807, 2.05) is 30.3 Å². The summed E-state index contributed by atoms with van der Waals surface area (Å²) in [5.41, 5.74) is 6.10. The second-order valence-electron chi connectivity index (χ2n) is 4.97. The van der Waals surface area contributed by atoms with Crippen LogP contribution in [0, 0.1) is 6.92 Å². The highest BCUT2D eigenvalue weighted by molar-refractivity contribution is 5.78. The number of furan rings is 1. The Morgan fingerprint density at radius 1 is 1.20 bits per heavy atom. The maximum absolute atomic E-state index is 5.89. The van der Waals surface area contributed by atoms with E-state index in [-0.39, 0.29) is 6.04 Å². The number of hydrogen-bond donors (Lipinski definition) is 2. The summed E-state index contributed by atoms with van der Waals surface area (Å²) in [7, 11) is 0. The lowest BCUT2D eigenvalue weighted by molar-refractivity contribution is 0.434. The van der Waals surface area contributed by atoms with E-state index in [4.69, 9.17) is 10.3 Å². The number of benzene rings is 1. The van der Waals surface area contributed by atoms with Crippen molar-refractivity contribution in [2.75, 3.05) is 0 Å². The van der Waals surface area contributed by atoms with Crippen molar-refractivity contribution in [1.82, 2.24) is 10.4 Å². The number of fused-ring (bicyclic) bond motifs is 1. The molecule has 0 saturated carbocycles. The Morgan fingerprint density at radius 3 is 2.75 bits per heavy atom. The third kappa shape index (κ3) is 2.57. The molecule has 0 aliphatic heterocycles. The van der Waals surface area contributed by atoms with Gasteiger partial charge in [-0.05, 0) is 49.2 Å². The van der Waals surface area contributed by atoms with Gasteiger partial charge in [-0.15, -0.1) is 0 Å². The SMILES string of the molecule is Cc1ccc2oc(C(Cc3ccncc3)NN)cc2c1. The molecule has 0 saturated heterocycles. The van der Waals surface area contributed by atoms with Gasteiger partial charge in [0.1, 0.15) is 11.3 Å². The first-order valence-corrected chi connectivity index (χ1v) is 6.61. The molecule has 0 radical (unpaired) electrons. The molecule has 0 aliphatic carbocycles. The number of hydrogen-bond acceptors (Lipinski definition) is 4. The van der Waals surface area contributed by atoms with Crippen LogP contribution in [0.5, 0.6) is 0 Å². The van der Waals surface area contributed by atoms with Gasteiger partial charge in [-0.1, -0.05) is 11.6 Å². The fourth-order valence-electron chi connectivity index (χ4n) is 2.35. The maximum atomic E-state index is 5.89. The van der Waals surface area contributed by atoms with Crippen LogP contribution in [0.3, 0.4) is 0 Å². The predicted molar refractivity (Wildman–Crippen MR) is 79.0 cm³/mol. The molecule has 102 valence electrons. The van der Waals surface area contributed by atoms with E-state index >= 15 is 0 Å². The summed E-state index contributed by atoms with van der Waals surface area (Å²) < 4.78 is 5.89. The minimum atomic E-state index is -0.0508. The normalized spacial score (nSPS) is 12.7. The molecule has 2 heterocycles. The molecule has 2 aromatic heterocycles. The van der Waals surface area contributed by atoms with E-state index in [9.17, 15) is 0 Å². The molecule has 1 atom stereocenters. The number of rotatable bonds is 4. The third-order valence-electron chi connectivity index (χ3n) is 3.42. The Kier molecular flexibility index (Phi) is 3.50. The standard InChI is InChI=1S/C16H17N3O/c1-11-2-3-15-13(8-11)10-16(20-15)14(19-17)9-12-4-6-18-7-5-12/h2-8,10,14,19H,9,17H2,1H3. The van der Waals surface area contributed by atoms with Gasteiger partial charge in [-0.25, -0.2) is 5.43 Å². The molecule has 0 aliphatic rings. The highest BCUT2D eigenvalue weighted by atomic mass is 16.3. The van der Waals surface area contributed by atoms with Gasteiger partial charge in [-0.3, -0.25) is 10.8 Å². The Labute approximate surface area is 117 Å². The number of nitrogens with zero attached hydrogens (tertiary/aromatic N) is 1. The summed E-state index contributed by atoms with van der Waals surface area (Å²) in [5.74, 6) is 6.53. The molecular weight excluding hydrogens is 250 g/mol. The number of hydrazine groups is 1. The molecule has 0 fully saturated rings. The van der Waals surface area contributed by atoms with Crippen molar-refractivity contribution in [2.45, 2.75) is 19.4 Å². The lowest BCUT2D eigenvalue weighted by Gasteiger charge is -2.12. The predicted octanol–water partition coefficient (Wildman–Crippen LogP) is 2.88. The lowest BCUT2D eigenvalue weighted by Crippen LogP contribution is -2.29. The second kappa shape index (κ2) is 5.45. The van der Waals surface area contributed by atoms with E-state index in [2.05, 4.69) is 23.4 Å². The van der Waals surface area contributed by atoms with Gasteiger partial charge < -0.3 is 4.42 Å². The van der Waals surface area contributed by atoms with E-state index in [1.54, 1.807) is 12.4 Å². The summed E-state index contributed by atoms with van der Waals surface area (Å²) in [6, 6.07) is 12.1. The van der Waals surface area contributed by atoms with Crippen LogP contribution < -0.4 is 11.3 Å². The van der Waals surface area contributed by atoms with Crippen LogP contribution in [0.4, 0.5) is 0 Å². The zero-order valence-corrected chi connectivity index (χ0v) is 11.3. The number of pyridine rings is 1. The summed E-state index contributed by atoms with van der Waals surface area (Å²) in [4.78, 5) is 4.02. The van der Waals surface area contributed by atoms with Crippen molar-refractivity contribution in [1.29, 1.82) is 0 Å². The minimum absolute atomic E-state index is 0.0508. The first-order valence-electron chi connectivity index (χ1n) is 6.61. The van der Waals surface area contributed by atoms with Crippen molar-refractivity contribution >= 4 is 11.0 Å². The quantitative estimate of drug-likeness (QED) is 0.563. The Bertz CT molecular complexity index is 706. The lowest BCUT2D eigenvalue weighted by atomic mass is 10.1. The molecule has 1 unspecified atom stereocenters. The Hall–Kier alpha value is -2.17. The molecule has 0 amide bonds. The van der Waals surface area contributed by atoms with Gasteiger partial charge >= 0.3 is 0 Å². The van der Waals surface area contributed by atoms with Crippen molar-refractivity contribution in [3.05, 3.63) is 65.7 Å². The van der Waals surface area contributed by atoms with Gasteiger partial charge in [0.25, 0.3) is 0 Å². The first-order chi connectivity index (χ1) is 9.76. The Balaban J connectivity index is 1.91. The third-order valence-corrected chi connectivity index (χ3v) is 3.42. The van der Waals surface area contributed by atoms with Crippen LogP contribution in [0.2, 0.25) is 0 Å². The topological polar surface area (TPSA) is 64.1 Å². The molecule has 3 rings (SSSR count). The monoisotopic (exact) mass is 267 g/mol. The van der Waals surface area contributed by atoms with Crippen LogP contribution in [-0.2, 0) is 6.42 Å². The number of nitrogens with one attached hydrogen (secondary N) is 1. The second-order valence-corrected chi connectivity index (χ2v) is 4.97. The van der Waals surface area contributed by atoms with Crippen LogP contribution in [-0.4, -0.2) is 4.98 Å². The summed E-state index contributed by atoms with van der Waals surface area (Å²) in [5, 5.41) is 1.11. The van der Waals surface area contributed by atoms with Crippen molar-refractivity contribution < 1.29 is 4.42 Å². The Morgan fingerprint density at radius 2 is 2.00 bits per heavy atom. The van der Waals surface area contributed by atoms with E-state index in [0.29, 0.717) is 0 Å². The molecule has 3 N–H and O–H groups in total. The highest BCUT2D eigenvalue weighted by Crippen LogP contribution is 2.26. The van der Waals surface area contributed by atoms with E-state index < -0.39 is 0 Å². The van der Waals surface area contributed by atoms with Gasteiger partial charge in [0.05, 0.1) is 6.04 Å².